The van der Waals surface area contributed by atoms with Crippen LogP contribution in [0.5, 0.6) is 0 Å². The molecule has 1 aromatic carbocycles. The molecule has 0 fully saturated rings. The molecule has 0 atom stereocenters. The average Bonchev–Trinajstić information content (AvgIpc) is 2.19. The van der Waals surface area contributed by atoms with Crippen LogP contribution >= 0.6 is 27.5 Å². The van der Waals surface area contributed by atoms with Crippen LogP contribution in [0.4, 0.5) is 4.39 Å². The first-order valence-corrected chi connectivity index (χ1v) is 6.73. The van der Waals surface area contributed by atoms with E-state index in [1.165, 1.54) is 6.07 Å². The molecule has 0 aliphatic heterocycles. The number of aryl methyl sites for hydroxylation is 1. The number of hydrogen-bond acceptors (Lipinski definition) is 1. The standard InChI is InChI=1S/C13H15BrClFO2/c1-13(2,7-12(17)18)4-3-8-5-10(15)9(14)6-11(8)16/h5-6H,3-4,7H2,1-2H3,(H,17,18). The van der Waals surface area contributed by atoms with E-state index in [1.807, 2.05) is 13.8 Å². The van der Waals surface area contributed by atoms with Crippen molar-refractivity contribution >= 4 is 33.5 Å². The van der Waals surface area contributed by atoms with Crippen LogP contribution in [0.1, 0.15) is 32.3 Å². The van der Waals surface area contributed by atoms with Gasteiger partial charge in [0.05, 0.1) is 11.4 Å². The van der Waals surface area contributed by atoms with E-state index in [0.29, 0.717) is 27.9 Å². The number of carboxylic acids is 1. The predicted molar refractivity (Wildman–Crippen MR) is 73.5 cm³/mol. The molecular weight excluding hydrogens is 322 g/mol. The fourth-order valence-corrected chi connectivity index (χ4v) is 2.23. The first-order valence-electron chi connectivity index (χ1n) is 5.56. The maximum atomic E-state index is 13.7. The van der Waals surface area contributed by atoms with E-state index in [4.69, 9.17) is 16.7 Å². The van der Waals surface area contributed by atoms with Crippen molar-refractivity contribution in [3.63, 3.8) is 0 Å². The number of benzene rings is 1. The maximum Gasteiger partial charge on any atom is 0.303 e. The molecule has 0 aliphatic rings. The fourth-order valence-electron chi connectivity index (χ4n) is 1.73. The van der Waals surface area contributed by atoms with Crippen LogP contribution in [0.25, 0.3) is 0 Å². The van der Waals surface area contributed by atoms with Gasteiger partial charge < -0.3 is 5.11 Å². The zero-order chi connectivity index (χ0) is 13.9. The Morgan fingerprint density at radius 1 is 1.50 bits per heavy atom. The third-order valence-electron chi connectivity index (χ3n) is 2.79. The van der Waals surface area contributed by atoms with E-state index in [-0.39, 0.29) is 17.7 Å². The Bertz CT molecular complexity index is 461. The van der Waals surface area contributed by atoms with Crippen molar-refractivity contribution in [2.24, 2.45) is 5.41 Å². The second kappa shape index (κ2) is 6.02. The van der Waals surface area contributed by atoms with Crippen LogP contribution in [-0.2, 0) is 11.2 Å². The van der Waals surface area contributed by atoms with Gasteiger partial charge in [0.25, 0.3) is 0 Å². The Balaban J connectivity index is 2.74. The Kier molecular flexibility index (Phi) is 5.17. The molecule has 0 spiro atoms. The monoisotopic (exact) mass is 336 g/mol. The molecule has 0 unspecified atom stereocenters. The molecule has 0 aromatic heterocycles. The SMILES string of the molecule is CC(C)(CCc1cc(Cl)c(Br)cc1F)CC(=O)O. The molecule has 0 saturated carbocycles. The summed E-state index contributed by atoms with van der Waals surface area (Å²) in [5.74, 6) is -1.16. The Morgan fingerprint density at radius 3 is 2.67 bits per heavy atom. The van der Waals surface area contributed by atoms with E-state index in [9.17, 15) is 9.18 Å². The largest absolute Gasteiger partial charge is 0.481 e. The van der Waals surface area contributed by atoms with Gasteiger partial charge in [-0.1, -0.05) is 25.4 Å². The lowest BCUT2D eigenvalue weighted by Crippen LogP contribution is -2.17. The van der Waals surface area contributed by atoms with E-state index in [1.54, 1.807) is 6.07 Å². The van der Waals surface area contributed by atoms with Crippen molar-refractivity contribution in [3.8, 4) is 0 Å². The molecule has 0 saturated heterocycles. The highest BCUT2D eigenvalue weighted by Gasteiger charge is 2.22. The van der Waals surface area contributed by atoms with Crippen LogP contribution < -0.4 is 0 Å². The average molecular weight is 338 g/mol. The van der Waals surface area contributed by atoms with E-state index in [0.717, 1.165) is 0 Å². The highest BCUT2D eigenvalue weighted by atomic mass is 79.9. The fraction of sp³-hybridized carbons (Fsp3) is 0.462. The van der Waals surface area contributed by atoms with Gasteiger partial charge in [0, 0.05) is 4.47 Å². The van der Waals surface area contributed by atoms with Crippen LogP contribution in [0, 0.1) is 11.2 Å². The predicted octanol–water partition coefficient (Wildman–Crippen LogP) is 4.68. The molecule has 5 heteroatoms. The van der Waals surface area contributed by atoms with Gasteiger partial charge in [-0.2, -0.15) is 0 Å². The third kappa shape index (κ3) is 4.58. The molecule has 18 heavy (non-hydrogen) atoms. The van der Waals surface area contributed by atoms with Crippen molar-refractivity contribution in [1.82, 2.24) is 0 Å². The number of hydrogen-bond donors (Lipinski definition) is 1. The number of rotatable bonds is 5. The number of carboxylic acid groups (broad SMARTS) is 1. The van der Waals surface area contributed by atoms with Gasteiger partial charge >= 0.3 is 5.97 Å². The Hall–Kier alpha value is -0.610. The number of carbonyl (C=O) groups is 1. The second-order valence-corrected chi connectivity index (χ2v) is 6.35. The third-order valence-corrected chi connectivity index (χ3v) is 3.99. The summed E-state index contributed by atoms with van der Waals surface area (Å²) in [6.45, 7) is 3.72. The van der Waals surface area contributed by atoms with Crippen molar-refractivity contribution in [3.05, 3.63) is 33.0 Å². The maximum absolute atomic E-state index is 13.7. The first kappa shape index (κ1) is 15.4. The number of aliphatic carboxylic acids is 1. The lowest BCUT2D eigenvalue weighted by molar-refractivity contribution is -0.139. The summed E-state index contributed by atoms with van der Waals surface area (Å²) in [5, 5.41) is 9.24. The Morgan fingerprint density at radius 2 is 2.11 bits per heavy atom. The summed E-state index contributed by atoms with van der Waals surface area (Å²) in [7, 11) is 0. The van der Waals surface area contributed by atoms with Crippen LogP contribution in [0.3, 0.4) is 0 Å². The molecule has 100 valence electrons. The highest BCUT2D eigenvalue weighted by Crippen LogP contribution is 2.30. The van der Waals surface area contributed by atoms with Crippen molar-refractivity contribution in [1.29, 1.82) is 0 Å². The summed E-state index contributed by atoms with van der Waals surface area (Å²) >= 11 is 9.07. The van der Waals surface area contributed by atoms with Gasteiger partial charge in [-0.3, -0.25) is 4.79 Å². The molecule has 0 bridgehead atoms. The quantitative estimate of drug-likeness (QED) is 0.792. The summed E-state index contributed by atoms with van der Waals surface area (Å²) in [6, 6.07) is 2.92. The van der Waals surface area contributed by atoms with Crippen LogP contribution in [0.2, 0.25) is 5.02 Å². The normalized spacial score (nSPS) is 11.6. The molecule has 0 radical (unpaired) electrons. The van der Waals surface area contributed by atoms with Crippen molar-refractivity contribution < 1.29 is 14.3 Å². The van der Waals surface area contributed by atoms with Crippen LogP contribution in [-0.4, -0.2) is 11.1 Å². The van der Waals surface area contributed by atoms with Gasteiger partial charge in [-0.05, 0) is 51.9 Å². The van der Waals surface area contributed by atoms with Gasteiger partial charge in [-0.25, -0.2) is 4.39 Å². The van der Waals surface area contributed by atoms with Crippen LogP contribution in [0.15, 0.2) is 16.6 Å². The summed E-state index contributed by atoms with van der Waals surface area (Å²) in [6.07, 6.45) is 1.13. The van der Waals surface area contributed by atoms with Gasteiger partial charge in [0.1, 0.15) is 5.82 Å². The summed E-state index contributed by atoms with van der Waals surface area (Å²) in [4.78, 5) is 10.7. The van der Waals surface area contributed by atoms with Gasteiger partial charge in [0.2, 0.25) is 0 Å². The van der Waals surface area contributed by atoms with Crippen molar-refractivity contribution in [2.75, 3.05) is 0 Å². The van der Waals surface area contributed by atoms with Gasteiger partial charge in [-0.15, -0.1) is 0 Å². The molecule has 1 aromatic rings. The lowest BCUT2D eigenvalue weighted by atomic mass is 9.83. The summed E-state index contributed by atoms with van der Waals surface area (Å²) < 4.78 is 14.2. The molecule has 1 rings (SSSR count). The minimum atomic E-state index is -0.839. The molecular formula is C13H15BrClFO2. The van der Waals surface area contributed by atoms with E-state index < -0.39 is 5.97 Å². The molecule has 0 aliphatic carbocycles. The van der Waals surface area contributed by atoms with E-state index in [2.05, 4.69) is 15.9 Å². The molecule has 1 N–H and O–H groups in total. The zero-order valence-corrected chi connectivity index (χ0v) is 12.6. The Labute approximate surface area is 119 Å². The summed E-state index contributed by atoms with van der Waals surface area (Å²) in [5.41, 5.74) is 0.152. The van der Waals surface area contributed by atoms with Gasteiger partial charge in [0.15, 0.2) is 0 Å². The minimum absolute atomic E-state index is 0.0683. The molecule has 0 heterocycles. The second-order valence-electron chi connectivity index (χ2n) is 5.09. The molecule has 2 nitrogen and oxygen atoms in total. The van der Waals surface area contributed by atoms with Crippen molar-refractivity contribution in [2.45, 2.75) is 33.1 Å². The smallest absolute Gasteiger partial charge is 0.303 e. The lowest BCUT2D eigenvalue weighted by Gasteiger charge is -2.22. The first-order chi connectivity index (χ1) is 8.21. The topological polar surface area (TPSA) is 37.3 Å². The number of halogens is 3. The van der Waals surface area contributed by atoms with E-state index >= 15 is 0 Å². The highest BCUT2D eigenvalue weighted by molar-refractivity contribution is 9.10. The zero-order valence-electron chi connectivity index (χ0n) is 10.3. The minimum Gasteiger partial charge on any atom is -0.481 e. The molecule has 0 amide bonds.